The number of ether oxygens (including phenoxy) is 3. The molecule has 164 valence electrons. The van der Waals surface area contributed by atoms with Gasteiger partial charge in [-0.1, -0.05) is 50.2 Å². The predicted molar refractivity (Wildman–Crippen MR) is 119 cm³/mol. The maximum absolute atomic E-state index is 13.1. The van der Waals surface area contributed by atoms with E-state index in [1.54, 1.807) is 19.2 Å². The van der Waals surface area contributed by atoms with E-state index in [2.05, 4.69) is 6.07 Å². The highest BCUT2D eigenvalue weighted by Gasteiger charge is 2.43. The number of methoxy groups -OCH3 is 1. The Bertz CT molecular complexity index is 1160. The number of nitriles is 1. The molecule has 32 heavy (non-hydrogen) atoms. The summed E-state index contributed by atoms with van der Waals surface area (Å²) in [6.45, 7) is 4.44. The molecule has 0 radical (unpaired) electrons. The smallest absolute Gasteiger partial charge is 0.205 e. The van der Waals surface area contributed by atoms with Gasteiger partial charge in [-0.05, 0) is 28.7 Å². The highest BCUT2D eigenvalue weighted by molar-refractivity contribution is 6.00. The fourth-order valence-corrected chi connectivity index (χ4v) is 4.34. The predicted octanol–water partition coefficient (Wildman–Crippen LogP) is 4.73. The van der Waals surface area contributed by atoms with E-state index in [-0.39, 0.29) is 22.7 Å². The molecule has 6 nitrogen and oxygen atoms in total. The van der Waals surface area contributed by atoms with Crippen LogP contribution in [-0.4, -0.2) is 12.9 Å². The van der Waals surface area contributed by atoms with Gasteiger partial charge >= 0.3 is 0 Å². The second kappa shape index (κ2) is 8.43. The van der Waals surface area contributed by atoms with E-state index >= 15 is 0 Å². The lowest BCUT2D eigenvalue weighted by Crippen LogP contribution is -2.33. The first-order valence-corrected chi connectivity index (χ1v) is 10.5. The molecule has 0 saturated carbocycles. The van der Waals surface area contributed by atoms with Crippen molar-refractivity contribution in [2.45, 2.75) is 39.2 Å². The Hall–Kier alpha value is -3.72. The van der Waals surface area contributed by atoms with Gasteiger partial charge in [0.1, 0.15) is 24.0 Å². The lowest BCUT2D eigenvalue weighted by Gasteiger charge is -2.37. The summed E-state index contributed by atoms with van der Waals surface area (Å²) < 4.78 is 17.3. The molecule has 2 aromatic carbocycles. The number of carbonyl (C=O) groups excluding carboxylic acids is 1. The lowest BCUT2D eigenvalue weighted by atomic mass is 9.70. The number of benzene rings is 2. The van der Waals surface area contributed by atoms with Crippen molar-refractivity contribution >= 4 is 5.78 Å². The van der Waals surface area contributed by atoms with Crippen LogP contribution in [0.15, 0.2) is 71.3 Å². The third-order valence-electron chi connectivity index (χ3n) is 5.83. The number of hydrogen-bond donors (Lipinski definition) is 1. The van der Waals surface area contributed by atoms with Crippen molar-refractivity contribution in [1.82, 2.24) is 0 Å². The van der Waals surface area contributed by atoms with Crippen LogP contribution in [0, 0.1) is 16.7 Å². The van der Waals surface area contributed by atoms with Crippen molar-refractivity contribution in [2.24, 2.45) is 11.1 Å². The van der Waals surface area contributed by atoms with Gasteiger partial charge in [0.2, 0.25) is 5.88 Å². The van der Waals surface area contributed by atoms with Gasteiger partial charge in [-0.3, -0.25) is 4.79 Å². The molecule has 0 fully saturated rings. The van der Waals surface area contributed by atoms with Crippen molar-refractivity contribution in [2.75, 3.05) is 7.11 Å². The van der Waals surface area contributed by atoms with E-state index in [0.717, 1.165) is 11.1 Å². The number of Topliss-reactive ketones (excluding diaryl/α,β-unsaturated/α-hetero) is 1. The average Bonchev–Trinajstić information content (AvgIpc) is 2.76. The Morgan fingerprint density at radius 3 is 2.59 bits per heavy atom. The van der Waals surface area contributed by atoms with Crippen LogP contribution in [-0.2, 0) is 16.1 Å². The number of allylic oxidation sites excluding steroid dienone is 3. The zero-order valence-electron chi connectivity index (χ0n) is 18.5. The molecule has 0 unspecified atom stereocenters. The molecule has 1 atom stereocenters. The largest absolute Gasteiger partial charge is 0.493 e. The molecule has 1 aliphatic heterocycles. The van der Waals surface area contributed by atoms with Gasteiger partial charge in [-0.25, -0.2) is 0 Å². The molecule has 1 heterocycles. The highest BCUT2D eigenvalue weighted by Crippen LogP contribution is 2.48. The molecule has 2 aromatic rings. The minimum atomic E-state index is -0.593. The molecule has 2 N–H and O–H groups in total. The van der Waals surface area contributed by atoms with Crippen LogP contribution in [0.2, 0.25) is 0 Å². The van der Waals surface area contributed by atoms with Crippen LogP contribution in [0.1, 0.15) is 43.7 Å². The average molecular weight is 431 g/mol. The summed E-state index contributed by atoms with van der Waals surface area (Å²) in [7, 11) is 1.56. The highest BCUT2D eigenvalue weighted by atomic mass is 16.5. The number of nitrogens with two attached hydrogens (primary N) is 1. The molecule has 1 aliphatic carbocycles. The maximum Gasteiger partial charge on any atom is 0.205 e. The van der Waals surface area contributed by atoms with Crippen LogP contribution >= 0.6 is 0 Å². The van der Waals surface area contributed by atoms with E-state index < -0.39 is 5.92 Å². The summed E-state index contributed by atoms with van der Waals surface area (Å²) >= 11 is 0. The van der Waals surface area contributed by atoms with Crippen molar-refractivity contribution in [1.29, 1.82) is 5.26 Å². The molecule has 6 heteroatoms. The van der Waals surface area contributed by atoms with Gasteiger partial charge in [-0.2, -0.15) is 5.26 Å². The number of rotatable bonds is 5. The summed E-state index contributed by atoms with van der Waals surface area (Å²) in [5.74, 6) is 1.08. The minimum Gasteiger partial charge on any atom is -0.493 e. The van der Waals surface area contributed by atoms with Gasteiger partial charge in [0, 0.05) is 18.4 Å². The second-order valence-corrected chi connectivity index (χ2v) is 8.89. The van der Waals surface area contributed by atoms with Crippen molar-refractivity contribution in [3.8, 4) is 17.6 Å². The first-order chi connectivity index (χ1) is 15.3. The molecule has 2 aliphatic rings. The standard InChI is InChI=1S/C26H26N2O4/c1-26(2)12-19(29)24-22(13-26)32-25(28)18(14-27)23(24)17-9-10-20(21(11-17)30-3)31-15-16-7-5-4-6-8-16/h4-11,23H,12-13,15,28H2,1-3H3/t23-/m0/s1. The summed E-state index contributed by atoms with van der Waals surface area (Å²) in [4.78, 5) is 13.1. The zero-order chi connectivity index (χ0) is 22.9. The quantitative estimate of drug-likeness (QED) is 0.737. The molecule has 0 bridgehead atoms. The number of hydrogen-bond acceptors (Lipinski definition) is 6. The first kappa shape index (κ1) is 21.5. The van der Waals surface area contributed by atoms with E-state index in [0.29, 0.717) is 42.3 Å². The Kier molecular flexibility index (Phi) is 5.67. The summed E-state index contributed by atoms with van der Waals surface area (Å²) in [6, 6.07) is 17.4. The Morgan fingerprint density at radius 1 is 1.16 bits per heavy atom. The van der Waals surface area contributed by atoms with Crippen molar-refractivity contribution in [3.63, 3.8) is 0 Å². The van der Waals surface area contributed by atoms with Gasteiger partial charge in [0.05, 0.1) is 13.0 Å². The topological polar surface area (TPSA) is 94.6 Å². The zero-order valence-corrected chi connectivity index (χ0v) is 18.5. The third-order valence-corrected chi connectivity index (χ3v) is 5.83. The Balaban J connectivity index is 1.71. The maximum atomic E-state index is 13.1. The fourth-order valence-electron chi connectivity index (χ4n) is 4.34. The van der Waals surface area contributed by atoms with Gasteiger partial charge in [-0.15, -0.1) is 0 Å². The molecular formula is C26H26N2O4. The molecular weight excluding hydrogens is 404 g/mol. The van der Waals surface area contributed by atoms with Crippen LogP contribution in [0.25, 0.3) is 0 Å². The van der Waals surface area contributed by atoms with Gasteiger partial charge in [0.25, 0.3) is 0 Å². The Labute approximate surface area is 187 Å². The van der Waals surface area contributed by atoms with Crippen LogP contribution in [0.5, 0.6) is 11.5 Å². The van der Waals surface area contributed by atoms with Crippen molar-refractivity contribution < 1.29 is 19.0 Å². The number of nitrogens with zero attached hydrogens (tertiary/aromatic N) is 1. The van der Waals surface area contributed by atoms with Crippen molar-refractivity contribution in [3.05, 3.63) is 82.4 Å². The molecule has 0 aromatic heterocycles. The molecule has 0 amide bonds. The van der Waals surface area contributed by atoms with E-state index in [4.69, 9.17) is 19.9 Å². The molecule has 0 saturated heterocycles. The number of carbonyl (C=O) groups is 1. The minimum absolute atomic E-state index is 0.0233. The van der Waals surface area contributed by atoms with E-state index in [1.807, 2.05) is 50.2 Å². The summed E-state index contributed by atoms with van der Waals surface area (Å²) in [5.41, 5.74) is 8.39. The SMILES string of the molecule is COc1cc([C@H]2C(C#N)=C(N)OC3=C2C(=O)CC(C)(C)C3)ccc1OCc1ccccc1. The fraction of sp³-hybridized carbons (Fsp3) is 0.308. The van der Waals surface area contributed by atoms with Gasteiger partial charge < -0.3 is 19.9 Å². The van der Waals surface area contributed by atoms with E-state index in [9.17, 15) is 10.1 Å². The van der Waals surface area contributed by atoms with Crippen LogP contribution in [0.3, 0.4) is 0 Å². The monoisotopic (exact) mass is 430 g/mol. The first-order valence-electron chi connectivity index (χ1n) is 10.5. The van der Waals surface area contributed by atoms with Crippen LogP contribution in [0.4, 0.5) is 0 Å². The lowest BCUT2D eigenvalue weighted by molar-refractivity contribution is -0.119. The van der Waals surface area contributed by atoms with Gasteiger partial charge in [0.15, 0.2) is 17.3 Å². The summed E-state index contributed by atoms with van der Waals surface area (Å²) in [6.07, 6.45) is 0.971. The number of ketones is 1. The van der Waals surface area contributed by atoms with Crippen LogP contribution < -0.4 is 15.2 Å². The normalized spacial score (nSPS) is 19.7. The Morgan fingerprint density at radius 2 is 1.91 bits per heavy atom. The molecule has 4 rings (SSSR count). The summed E-state index contributed by atoms with van der Waals surface area (Å²) in [5, 5.41) is 9.81. The third kappa shape index (κ3) is 4.06. The molecule has 0 spiro atoms. The van der Waals surface area contributed by atoms with E-state index in [1.165, 1.54) is 0 Å². The second-order valence-electron chi connectivity index (χ2n) is 8.89.